The molecule has 4 aromatic rings. The van der Waals surface area contributed by atoms with Crippen LogP contribution in [-0.4, -0.2) is 31.6 Å². The van der Waals surface area contributed by atoms with Crippen LogP contribution in [0.5, 0.6) is 0 Å². The molecule has 1 N–H and O–H groups in total. The molecule has 4 rings (SSSR count). The molecule has 0 saturated heterocycles. The van der Waals surface area contributed by atoms with Crippen molar-refractivity contribution in [1.29, 1.82) is 0 Å². The molecule has 0 bridgehead atoms. The average Bonchev–Trinajstić information content (AvgIpc) is 3.23. The molecule has 2 aromatic carbocycles. The number of benzene rings is 2. The number of carbonyl (C=O) groups excluding carboxylic acids is 1. The SMILES string of the molecule is Cc1ccccc1CSc1nnc2n(CC(C)C)c(=O)c3ccc(C(=O)NCC(C)C)cc3n12. The summed E-state index contributed by atoms with van der Waals surface area (Å²) in [5.41, 5.74) is 3.48. The lowest BCUT2D eigenvalue weighted by molar-refractivity contribution is 0.0949. The molecular weight excluding hydrogens is 446 g/mol. The fraction of sp³-hybridized carbons (Fsp3) is 0.385. The van der Waals surface area contributed by atoms with Crippen LogP contribution in [0.3, 0.4) is 0 Å². The van der Waals surface area contributed by atoms with Gasteiger partial charge in [-0.3, -0.25) is 18.6 Å². The predicted octanol–water partition coefficient (Wildman–Crippen LogP) is 4.69. The van der Waals surface area contributed by atoms with Gasteiger partial charge >= 0.3 is 0 Å². The summed E-state index contributed by atoms with van der Waals surface area (Å²) in [6, 6.07) is 13.5. The molecule has 0 aliphatic heterocycles. The minimum atomic E-state index is -0.155. The van der Waals surface area contributed by atoms with E-state index in [1.54, 1.807) is 34.5 Å². The minimum Gasteiger partial charge on any atom is -0.352 e. The van der Waals surface area contributed by atoms with E-state index >= 15 is 0 Å². The lowest BCUT2D eigenvalue weighted by Crippen LogP contribution is -2.28. The van der Waals surface area contributed by atoms with Crippen LogP contribution < -0.4 is 10.9 Å². The highest BCUT2D eigenvalue weighted by molar-refractivity contribution is 7.98. The van der Waals surface area contributed by atoms with Crippen LogP contribution in [-0.2, 0) is 12.3 Å². The molecule has 178 valence electrons. The zero-order valence-electron chi connectivity index (χ0n) is 20.3. The van der Waals surface area contributed by atoms with E-state index in [0.29, 0.717) is 46.4 Å². The number of rotatable bonds is 8. The quantitative estimate of drug-likeness (QED) is 0.373. The molecule has 7 nitrogen and oxygen atoms in total. The van der Waals surface area contributed by atoms with Gasteiger partial charge in [-0.25, -0.2) is 0 Å². The molecule has 1 amide bonds. The Bertz CT molecular complexity index is 1400. The molecule has 2 heterocycles. The van der Waals surface area contributed by atoms with Crippen molar-refractivity contribution < 1.29 is 4.79 Å². The van der Waals surface area contributed by atoms with Crippen LogP contribution in [0, 0.1) is 18.8 Å². The fourth-order valence-electron chi connectivity index (χ4n) is 3.86. The van der Waals surface area contributed by atoms with Crippen molar-refractivity contribution >= 4 is 34.3 Å². The second-order valence-corrected chi connectivity index (χ2v) is 10.4. The highest BCUT2D eigenvalue weighted by atomic mass is 32.2. The fourth-order valence-corrected chi connectivity index (χ4v) is 4.88. The Morgan fingerprint density at radius 3 is 2.53 bits per heavy atom. The first-order valence-electron chi connectivity index (χ1n) is 11.6. The van der Waals surface area contributed by atoms with E-state index in [-0.39, 0.29) is 17.4 Å². The molecule has 0 spiro atoms. The monoisotopic (exact) mass is 477 g/mol. The number of amides is 1. The van der Waals surface area contributed by atoms with E-state index in [9.17, 15) is 9.59 Å². The summed E-state index contributed by atoms with van der Waals surface area (Å²) in [5, 5.41) is 13.1. The van der Waals surface area contributed by atoms with Crippen molar-refractivity contribution in [1.82, 2.24) is 24.5 Å². The van der Waals surface area contributed by atoms with Crippen molar-refractivity contribution in [3.05, 3.63) is 69.5 Å². The molecule has 8 heteroatoms. The van der Waals surface area contributed by atoms with Gasteiger partial charge in [0.25, 0.3) is 11.5 Å². The third-order valence-electron chi connectivity index (χ3n) is 5.67. The molecule has 2 aromatic heterocycles. The molecule has 0 aliphatic carbocycles. The van der Waals surface area contributed by atoms with E-state index < -0.39 is 0 Å². The zero-order chi connectivity index (χ0) is 24.4. The van der Waals surface area contributed by atoms with E-state index in [4.69, 9.17) is 0 Å². The largest absolute Gasteiger partial charge is 0.352 e. The summed E-state index contributed by atoms with van der Waals surface area (Å²) in [6.45, 7) is 11.5. The van der Waals surface area contributed by atoms with Crippen molar-refractivity contribution in [2.24, 2.45) is 11.8 Å². The molecule has 0 unspecified atom stereocenters. The average molecular weight is 478 g/mol. The topological polar surface area (TPSA) is 81.3 Å². The summed E-state index contributed by atoms with van der Waals surface area (Å²) >= 11 is 1.57. The maximum Gasteiger partial charge on any atom is 0.262 e. The highest BCUT2D eigenvalue weighted by Crippen LogP contribution is 2.26. The van der Waals surface area contributed by atoms with Crippen molar-refractivity contribution in [2.75, 3.05) is 6.54 Å². The highest BCUT2D eigenvalue weighted by Gasteiger charge is 2.19. The van der Waals surface area contributed by atoms with Crippen LogP contribution in [0.15, 0.2) is 52.4 Å². The first-order valence-corrected chi connectivity index (χ1v) is 12.6. The summed E-state index contributed by atoms with van der Waals surface area (Å²) in [6.07, 6.45) is 0. The Morgan fingerprint density at radius 1 is 1.06 bits per heavy atom. The predicted molar refractivity (Wildman–Crippen MR) is 138 cm³/mol. The number of nitrogens with zero attached hydrogens (tertiary/aromatic N) is 4. The number of hydrogen-bond acceptors (Lipinski definition) is 5. The molecule has 0 aliphatic rings. The second-order valence-electron chi connectivity index (χ2n) is 9.48. The van der Waals surface area contributed by atoms with Gasteiger partial charge in [0.15, 0.2) is 5.16 Å². The van der Waals surface area contributed by atoms with Gasteiger partial charge in [-0.1, -0.05) is 63.7 Å². The van der Waals surface area contributed by atoms with Crippen molar-refractivity contribution in [3.8, 4) is 0 Å². The normalized spacial score (nSPS) is 11.7. The van der Waals surface area contributed by atoms with Crippen LogP contribution in [0.4, 0.5) is 0 Å². The smallest absolute Gasteiger partial charge is 0.262 e. The van der Waals surface area contributed by atoms with Gasteiger partial charge in [0.05, 0.1) is 10.9 Å². The Morgan fingerprint density at radius 2 is 1.82 bits per heavy atom. The van der Waals surface area contributed by atoms with Gasteiger partial charge in [-0.15, -0.1) is 10.2 Å². The Hall–Kier alpha value is -3.13. The van der Waals surface area contributed by atoms with Gasteiger partial charge in [0.1, 0.15) is 0 Å². The van der Waals surface area contributed by atoms with E-state index in [0.717, 1.165) is 5.75 Å². The molecule has 0 fully saturated rings. The number of nitrogens with one attached hydrogen (secondary N) is 1. The van der Waals surface area contributed by atoms with E-state index in [1.807, 2.05) is 16.5 Å². The Balaban J connectivity index is 1.85. The zero-order valence-corrected chi connectivity index (χ0v) is 21.1. The van der Waals surface area contributed by atoms with Gasteiger partial charge in [0, 0.05) is 24.4 Å². The maximum atomic E-state index is 13.4. The summed E-state index contributed by atoms with van der Waals surface area (Å²) in [4.78, 5) is 26.1. The molecule has 0 saturated carbocycles. The number of thioether (sulfide) groups is 1. The summed E-state index contributed by atoms with van der Waals surface area (Å²) < 4.78 is 3.61. The lowest BCUT2D eigenvalue weighted by Gasteiger charge is -2.14. The van der Waals surface area contributed by atoms with E-state index in [1.165, 1.54) is 11.1 Å². The minimum absolute atomic E-state index is 0.117. The summed E-state index contributed by atoms with van der Waals surface area (Å²) in [5.74, 6) is 1.68. The number of fused-ring (bicyclic) bond motifs is 3. The van der Waals surface area contributed by atoms with Gasteiger partial charge in [0.2, 0.25) is 5.78 Å². The molecule has 34 heavy (non-hydrogen) atoms. The third kappa shape index (κ3) is 4.87. The first-order chi connectivity index (χ1) is 16.3. The van der Waals surface area contributed by atoms with Crippen LogP contribution in [0.1, 0.15) is 49.2 Å². The number of hydrogen-bond donors (Lipinski definition) is 1. The molecule has 0 radical (unpaired) electrons. The second kappa shape index (κ2) is 10.0. The van der Waals surface area contributed by atoms with Gasteiger partial charge in [-0.2, -0.15) is 0 Å². The van der Waals surface area contributed by atoms with Crippen molar-refractivity contribution in [2.45, 2.75) is 52.1 Å². The Kier molecular flexibility index (Phi) is 7.07. The van der Waals surface area contributed by atoms with Crippen LogP contribution in [0.25, 0.3) is 16.7 Å². The molecule has 0 atom stereocenters. The third-order valence-corrected chi connectivity index (χ3v) is 6.65. The van der Waals surface area contributed by atoms with Gasteiger partial charge in [-0.05, 0) is 48.1 Å². The standard InChI is InChI=1S/C26H31N5O2S/c1-16(2)13-27-23(32)19-10-11-21-22(12-19)31-25(30(24(21)33)14-17(3)4)28-29-26(31)34-15-20-9-7-6-8-18(20)5/h6-12,16-17H,13-15H2,1-5H3,(H,27,32). The Labute approximate surface area is 203 Å². The van der Waals surface area contributed by atoms with Crippen LogP contribution in [0.2, 0.25) is 0 Å². The van der Waals surface area contributed by atoms with E-state index in [2.05, 4.69) is 62.3 Å². The maximum absolute atomic E-state index is 13.4. The van der Waals surface area contributed by atoms with Crippen LogP contribution >= 0.6 is 11.8 Å². The van der Waals surface area contributed by atoms with Crippen molar-refractivity contribution in [3.63, 3.8) is 0 Å². The lowest BCUT2D eigenvalue weighted by atomic mass is 10.1. The summed E-state index contributed by atoms with van der Waals surface area (Å²) in [7, 11) is 0. The molecular formula is C26H31N5O2S. The first kappa shape index (κ1) is 24.0. The van der Waals surface area contributed by atoms with Gasteiger partial charge < -0.3 is 5.32 Å². The number of carbonyl (C=O) groups is 1. The number of aromatic nitrogens is 4. The number of aryl methyl sites for hydroxylation is 1.